The fourth-order valence-electron chi connectivity index (χ4n) is 1.11. The van der Waals surface area contributed by atoms with Crippen molar-refractivity contribution < 1.29 is 5.11 Å². The first-order valence-electron chi connectivity index (χ1n) is 3.84. The average Bonchev–Trinajstić information content (AvgIpc) is 2.40. The second-order valence-electron chi connectivity index (χ2n) is 3.00. The quantitative estimate of drug-likeness (QED) is 0.707. The van der Waals surface area contributed by atoms with E-state index >= 15 is 0 Å². The van der Waals surface area contributed by atoms with Gasteiger partial charge >= 0.3 is 0 Å². The molecule has 0 aliphatic rings. The number of aliphatic hydroxyl groups is 1. The van der Waals surface area contributed by atoms with Gasteiger partial charge in [0.1, 0.15) is 0 Å². The summed E-state index contributed by atoms with van der Waals surface area (Å²) in [6.07, 6.45) is 5.34. The molecule has 1 heterocycles. The second-order valence-corrected chi connectivity index (χ2v) is 3.00. The highest BCUT2D eigenvalue weighted by molar-refractivity contribution is 4.81. The molecule has 0 aliphatic carbocycles. The van der Waals surface area contributed by atoms with Gasteiger partial charge in [-0.3, -0.25) is 0 Å². The molecule has 3 heteroatoms. The van der Waals surface area contributed by atoms with Gasteiger partial charge in [-0.15, -0.1) is 0 Å². The maximum atomic E-state index is 9.02. The molecule has 1 atom stereocenters. The number of nitrogens with zero attached hydrogens (tertiary/aromatic N) is 2. The van der Waals surface area contributed by atoms with Crippen LogP contribution in [-0.2, 0) is 0 Å². The van der Waals surface area contributed by atoms with Crippen molar-refractivity contribution in [1.82, 2.24) is 9.55 Å². The Morgan fingerprint density at radius 1 is 1.55 bits per heavy atom. The molecule has 11 heavy (non-hydrogen) atoms. The molecule has 0 saturated carbocycles. The molecule has 1 aromatic rings. The van der Waals surface area contributed by atoms with Crippen molar-refractivity contribution >= 4 is 0 Å². The first kappa shape index (κ1) is 8.27. The predicted octanol–water partition coefficient (Wildman–Crippen LogP) is 1.07. The van der Waals surface area contributed by atoms with E-state index < -0.39 is 0 Å². The Labute approximate surface area is 66.7 Å². The zero-order valence-corrected chi connectivity index (χ0v) is 6.94. The van der Waals surface area contributed by atoms with Gasteiger partial charge in [-0.2, -0.15) is 0 Å². The molecular formula is C8H14N2O. The van der Waals surface area contributed by atoms with Crippen molar-refractivity contribution in [3.05, 3.63) is 18.7 Å². The summed E-state index contributed by atoms with van der Waals surface area (Å²) >= 11 is 0. The van der Waals surface area contributed by atoms with Gasteiger partial charge in [0.25, 0.3) is 0 Å². The Morgan fingerprint density at radius 2 is 2.27 bits per heavy atom. The summed E-state index contributed by atoms with van der Waals surface area (Å²) in [5, 5.41) is 9.02. The highest BCUT2D eigenvalue weighted by Crippen LogP contribution is 2.15. The lowest BCUT2D eigenvalue weighted by Crippen LogP contribution is -2.17. The van der Waals surface area contributed by atoms with Crippen molar-refractivity contribution in [2.75, 3.05) is 6.61 Å². The van der Waals surface area contributed by atoms with E-state index in [1.807, 2.05) is 10.8 Å². The van der Waals surface area contributed by atoms with E-state index in [2.05, 4.69) is 18.8 Å². The van der Waals surface area contributed by atoms with E-state index in [-0.39, 0.29) is 12.6 Å². The van der Waals surface area contributed by atoms with E-state index in [0.29, 0.717) is 5.92 Å². The molecule has 1 rings (SSSR count). The maximum Gasteiger partial charge on any atom is 0.0949 e. The van der Waals surface area contributed by atoms with Gasteiger partial charge in [-0.25, -0.2) is 4.98 Å². The Balaban J connectivity index is 2.71. The fourth-order valence-corrected chi connectivity index (χ4v) is 1.11. The molecule has 1 aromatic heterocycles. The monoisotopic (exact) mass is 154 g/mol. The minimum Gasteiger partial charge on any atom is -0.394 e. The number of rotatable bonds is 3. The number of aliphatic hydroxyl groups excluding tert-OH is 1. The van der Waals surface area contributed by atoms with Gasteiger partial charge < -0.3 is 9.67 Å². The topological polar surface area (TPSA) is 38.0 Å². The third kappa shape index (κ3) is 1.80. The molecule has 0 bridgehead atoms. The van der Waals surface area contributed by atoms with Gasteiger partial charge in [0, 0.05) is 12.4 Å². The van der Waals surface area contributed by atoms with Crippen molar-refractivity contribution in [3.63, 3.8) is 0 Å². The van der Waals surface area contributed by atoms with Crippen LogP contribution in [0.5, 0.6) is 0 Å². The lowest BCUT2D eigenvalue weighted by atomic mass is 10.1. The minimum atomic E-state index is 0.164. The van der Waals surface area contributed by atoms with Crippen LogP contribution in [0, 0.1) is 5.92 Å². The molecule has 1 unspecified atom stereocenters. The van der Waals surface area contributed by atoms with Crippen LogP contribution in [0.3, 0.4) is 0 Å². The molecule has 62 valence electrons. The normalized spacial score (nSPS) is 13.8. The molecule has 1 N–H and O–H groups in total. The van der Waals surface area contributed by atoms with Crippen molar-refractivity contribution in [1.29, 1.82) is 0 Å². The van der Waals surface area contributed by atoms with Gasteiger partial charge in [0.15, 0.2) is 0 Å². The number of hydrogen-bond donors (Lipinski definition) is 1. The smallest absolute Gasteiger partial charge is 0.0949 e. The summed E-state index contributed by atoms with van der Waals surface area (Å²) < 4.78 is 1.94. The zero-order valence-electron chi connectivity index (χ0n) is 6.94. The molecule has 0 aliphatic heterocycles. The van der Waals surface area contributed by atoms with Gasteiger partial charge in [-0.1, -0.05) is 13.8 Å². The van der Waals surface area contributed by atoms with Crippen LogP contribution in [0.25, 0.3) is 0 Å². The second kappa shape index (κ2) is 3.53. The zero-order chi connectivity index (χ0) is 8.27. The highest BCUT2D eigenvalue weighted by Gasteiger charge is 2.12. The van der Waals surface area contributed by atoms with E-state index in [9.17, 15) is 0 Å². The Morgan fingerprint density at radius 3 is 2.64 bits per heavy atom. The van der Waals surface area contributed by atoms with Crippen LogP contribution in [-0.4, -0.2) is 21.3 Å². The molecule has 0 fully saturated rings. The van der Waals surface area contributed by atoms with E-state index in [1.165, 1.54) is 0 Å². The molecule has 0 saturated heterocycles. The largest absolute Gasteiger partial charge is 0.394 e. The van der Waals surface area contributed by atoms with Crippen LogP contribution >= 0.6 is 0 Å². The first-order chi connectivity index (χ1) is 5.25. The molecular weight excluding hydrogens is 140 g/mol. The Bertz CT molecular complexity index is 194. The number of hydrogen-bond acceptors (Lipinski definition) is 2. The van der Waals surface area contributed by atoms with Crippen molar-refractivity contribution in [3.8, 4) is 0 Å². The third-order valence-corrected chi connectivity index (χ3v) is 1.86. The summed E-state index contributed by atoms with van der Waals surface area (Å²) in [7, 11) is 0. The van der Waals surface area contributed by atoms with Crippen LogP contribution in [0.15, 0.2) is 18.7 Å². The SMILES string of the molecule is CC(C)C(CO)n1ccnc1. The predicted molar refractivity (Wildman–Crippen MR) is 43.2 cm³/mol. The maximum absolute atomic E-state index is 9.02. The summed E-state index contributed by atoms with van der Waals surface area (Å²) in [6.45, 7) is 4.34. The summed E-state index contributed by atoms with van der Waals surface area (Å²) in [6, 6.07) is 0.164. The third-order valence-electron chi connectivity index (χ3n) is 1.86. The first-order valence-corrected chi connectivity index (χ1v) is 3.84. The van der Waals surface area contributed by atoms with Gasteiger partial charge in [-0.05, 0) is 5.92 Å². The summed E-state index contributed by atoms with van der Waals surface area (Å²) in [5.74, 6) is 0.439. The van der Waals surface area contributed by atoms with Gasteiger partial charge in [0.2, 0.25) is 0 Å². The summed E-state index contributed by atoms with van der Waals surface area (Å²) in [4.78, 5) is 3.93. The van der Waals surface area contributed by atoms with E-state index in [1.54, 1.807) is 12.5 Å². The molecule has 0 amide bonds. The number of imidazole rings is 1. The van der Waals surface area contributed by atoms with Crippen molar-refractivity contribution in [2.45, 2.75) is 19.9 Å². The molecule has 0 spiro atoms. The highest BCUT2D eigenvalue weighted by atomic mass is 16.3. The van der Waals surface area contributed by atoms with Crippen LogP contribution in [0.2, 0.25) is 0 Å². The van der Waals surface area contributed by atoms with Crippen LogP contribution in [0.4, 0.5) is 0 Å². The Hall–Kier alpha value is -0.830. The van der Waals surface area contributed by atoms with Crippen LogP contribution in [0.1, 0.15) is 19.9 Å². The van der Waals surface area contributed by atoms with E-state index in [0.717, 1.165) is 0 Å². The Kier molecular flexibility index (Phi) is 2.65. The summed E-state index contributed by atoms with van der Waals surface area (Å²) in [5.41, 5.74) is 0. The van der Waals surface area contributed by atoms with E-state index in [4.69, 9.17) is 5.11 Å². The molecule has 3 nitrogen and oxygen atoms in total. The number of aromatic nitrogens is 2. The lowest BCUT2D eigenvalue weighted by Gasteiger charge is -2.19. The lowest BCUT2D eigenvalue weighted by molar-refractivity contribution is 0.193. The van der Waals surface area contributed by atoms with Crippen molar-refractivity contribution in [2.24, 2.45) is 5.92 Å². The van der Waals surface area contributed by atoms with Gasteiger partial charge in [0.05, 0.1) is 19.0 Å². The molecule has 0 aromatic carbocycles. The molecule has 0 radical (unpaired) electrons. The average molecular weight is 154 g/mol. The standard InChI is InChI=1S/C8H14N2O/c1-7(2)8(5-11)10-4-3-9-6-10/h3-4,6-8,11H,5H2,1-2H3. The van der Waals surface area contributed by atoms with Crippen LogP contribution < -0.4 is 0 Å². The fraction of sp³-hybridized carbons (Fsp3) is 0.625. The minimum absolute atomic E-state index is 0.164.